The fraction of sp³-hybridized carbons (Fsp3) is 0.200. The number of benzene rings is 3. The van der Waals surface area contributed by atoms with Gasteiger partial charge in [-0.05, 0) is 87.9 Å². The number of aromatic nitrogens is 1. The highest BCUT2D eigenvalue weighted by Crippen LogP contribution is 2.26. The Bertz CT molecular complexity index is 1580. The van der Waals surface area contributed by atoms with Crippen molar-refractivity contribution in [2.24, 2.45) is 5.10 Å². The standard InChI is InChI=1S/C30H32N4O4S/c1-5-38-28-16-14-26(15-17-28)33(39(36,37)29-12-7-6-8-13-29)21-30(35)32-31-20-25-19-23(3)34(24(25)4)27-11-9-10-22(2)18-27/h6-20H,5,21H2,1-4H3,(H,32,35)/b31-20+. The van der Waals surface area contributed by atoms with Crippen molar-refractivity contribution in [3.05, 3.63) is 107 Å². The lowest BCUT2D eigenvalue weighted by molar-refractivity contribution is -0.119. The highest BCUT2D eigenvalue weighted by molar-refractivity contribution is 7.92. The Morgan fingerprint density at radius 1 is 0.974 bits per heavy atom. The van der Waals surface area contributed by atoms with Crippen LogP contribution in [0.15, 0.2) is 94.9 Å². The maximum Gasteiger partial charge on any atom is 0.264 e. The molecule has 0 atom stereocenters. The van der Waals surface area contributed by atoms with Crippen molar-refractivity contribution in [3.8, 4) is 11.4 Å². The predicted molar refractivity (Wildman–Crippen MR) is 154 cm³/mol. The first kappa shape index (κ1) is 27.7. The molecule has 0 saturated carbocycles. The van der Waals surface area contributed by atoms with Gasteiger partial charge in [0.05, 0.1) is 23.4 Å². The summed E-state index contributed by atoms with van der Waals surface area (Å²) in [6.45, 7) is 7.94. The van der Waals surface area contributed by atoms with E-state index in [2.05, 4.69) is 21.2 Å². The van der Waals surface area contributed by atoms with Crippen LogP contribution in [0.3, 0.4) is 0 Å². The summed E-state index contributed by atoms with van der Waals surface area (Å²) in [6.07, 6.45) is 1.57. The van der Waals surface area contributed by atoms with Crippen molar-refractivity contribution in [1.82, 2.24) is 9.99 Å². The molecule has 0 bridgehead atoms. The lowest BCUT2D eigenvalue weighted by Gasteiger charge is -2.24. The molecule has 39 heavy (non-hydrogen) atoms. The van der Waals surface area contributed by atoms with Gasteiger partial charge in [-0.25, -0.2) is 13.8 Å². The van der Waals surface area contributed by atoms with Crippen molar-refractivity contribution in [2.75, 3.05) is 17.5 Å². The molecule has 0 aliphatic rings. The monoisotopic (exact) mass is 544 g/mol. The third-order valence-corrected chi connectivity index (χ3v) is 7.97. The predicted octanol–water partition coefficient (Wildman–Crippen LogP) is 5.15. The molecule has 8 nitrogen and oxygen atoms in total. The number of hydrazone groups is 1. The molecule has 202 valence electrons. The van der Waals surface area contributed by atoms with Gasteiger partial charge >= 0.3 is 0 Å². The molecule has 0 fully saturated rings. The highest BCUT2D eigenvalue weighted by Gasteiger charge is 2.27. The van der Waals surface area contributed by atoms with E-state index in [1.54, 1.807) is 48.7 Å². The van der Waals surface area contributed by atoms with Gasteiger partial charge in [-0.1, -0.05) is 30.3 Å². The molecule has 0 spiro atoms. The minimum absolute atomic E-state index is 0.0822. The Kier molecular flexibility index (Phi) is 8.51. The van der Waals surface area contributed by atoms with Crippen molar-refractivity contribution >= 4 is 27.8 Å². The second kappa shape index (κ2) is 12.0. The van der Waals surface area contributed by atoms with Gasteiger partial charge in [0.2, 0.25) is 0 Å². The summed E-state index contributed by atoms with van der Waals surface area (Å²) >= 11 is 0. The Labute approximate surface area is 229 Å². The maximum atomic E-state index is 13.5. The molecule has 1 amide bonds. The van der Waals surface area contributed by atoms with E-state index in [0.29, 0.717) is 18.0 Å². The Morgan fingerprint density at radius 2 is 1.69 bits per heavy atom. The second-order valence-electron chi connectivity index (χ2n) is 9.05. The molecule has 4 aromatic rings. The number of ether oxygens (including phenoxy) is 1. The summed E-state index contributed by atoms with van der Waals surface area (Å²) in [5.74, 6) is 0.0303. The van der Waals surface area contributed by atoms with Crippen LogP contribution in [0.5, 0.6) is 5.75 Å². The highest BCUT2D eigenvalue weighted by atomic mass is 32.2. The van der Waals surface area contributed by atoms with E-state index < -0.39 is 22.5 Å². The van der Waals surface area contributed by atoms with Gasteiger partial charge in [-0.3, -0.25) is 9.10 Å². The van der Waals surface area contributed by atoms with Crippen LogP contribution < -0.4 is 14.5 Å². The lowest BCUT2D eigenvalue weighted by Crippen LogP contribution is -2.39. The third kappa shape index (κ3) is 6.38. The van der Waals surface area contributed by atoms with Crippen LogP contribution >= 0.6 is 0 Å². The number of amides is 1. The van der Waals surface area contributed by atoms with Gasteiger partial charge in [0.15, 0.2) is 0 Å². The molecular formula is C30H32N4O4S. The number of anilines is 1. The van der Waals surface area contributed by atoms with Gasteiger partial charge in [0.25, 0.3) is 15.9 Å². The molecule has 4 rings (SSSR count). The number of nitrogens with one attached hydrogen (secondary N) is 1. The largest absolute Gasteiger partial charge is 0.494 e. The maximum absolute atomic E-state index is 13.5. The SMILES string of the molecule is CCOc1ccc(N(CC(=O)N/N=C/c2cc(C)n(-c3cccc(C)c3)c2C)S(=O)(=O)c2ccccc2)cc1. The summed E-state index contributed by atoms with van der Waals surface area (Å²) in [5.41, 5.74) is 7.87. The van der Waals surface area contributed by atoms with Crippen LogP contribution in [-0.4, -0.2) is 38.3 Å². The van der Waals surface area contributed by atoms with Crippen molar-refractivity contribution in [1.29, 1.82) is 0 Å². The zero-order valence-corrected chi connectivity index (χ0v) is 23.3. The quantitative estimate of drug-likeness (QED) is 0.221. The fourth-order valence-electron chi connectivity index (χ4n) is 4.33. The van der Waals surface area contributed by atoms with Crippen LogP contribution in [0.1, 0.15) is 29.4 Å². The van der Waals surface area contributed by atoms with Crippen LogP contribution in [0.2, 0.25) is 0 Å². The van der Waals surface area contributed by atoms with Crippen LogP contribution in [0.25, 0.3) is 5.69 Å². The van der Waals surface area contributed by atoms with Gasteiger partial charge in [0.1, 0.15) is 12.3 Å². The number of carbonyl (C=O) groups is 1. The summed E-state index contributed by atoms with van der Waals surface area (Å²) in [5, 5.41) is 4.13. The zero-order chi connectivity index (χ0) is 28.0. The zero-order valence-electron chi connectivity index (χ0n) is 22.5. The molecule has 0 radical (unpaired) electrons. The third-order valence-electron chi connectivity index (χ3n) is 6.18. The minimum Gasteiger partial charge on any atom is -0.494 e. The first-order valence-corrected chi connectivity index (χ1v) is 14.0. The van der Waals surface area contributed by atoms with E-state index in [4.69, 9.17) is 4.74 Å². The number of sulfonamides is 1. The summed E-state index contributed by atoms with van der Waals surface area (Å²) < 4.78 is 35.6. The number of nitrogens with zero attached hydrogens (tertiary/aromatic N) is 3. The van der Waals surface area contributed by atoms with Crippen molar-refractivity contribution in [3.63, 3.8) is 0 Å². The average molecular weight is 545 g/mol. The van der Waals surface area contributed by atoms with Crippen molar-refractivity contribution < 1.29 is 17.9 Å². The minimum atomic E-state index is -4.02. The summed E-state index contributed by atoms with van der Waals surface area (Å²) in [4.78, 5) is 13.0. The van der Waals surface area contributed by atoms with Gasteiger partial charge in [-0.15, -0.1) is 0 Å². The Morgan fingerprint density at radius 3 is 2.36 bits per heavy atom. The molecule has 0 aliphatic heterocycles. The Hall–Kier alpha value is -4.37. The van der Waals surface area contributed by atoms with Crippen LogP contribution in [-0.2, 0) is 14.8 Å². The fourth-order valence-corrected chi connectivity index (χ4v) is 5.77. The van der Waals surface area contributed by atoms with Gasteiger partial charge in [0, 0.05) is 22.6 Å². The van der Waals surface area contributed by atoms with E-state index in [9.17, 15) is 13.2 Å². The molecule has 9 heteroatoms. The lowest BCUT2D eigenvalue weighted by atomic mass is 10.2. The van der Waals surface area contributed by atoms with E-state index in [1.165, 1.54) is 12.1 Å². The van der Waals surface area contributed by atoms with E-state index in [1.807, 2.05) is 52.0 Å². The molecule has 1 aromatic heterocycles. The van der Waals surface area contributed by atoms with Crippen LogP contribution in [0, 0.1) is 20.8 Å². The molecule has 0 saturated heterocycles. The number of hydrogen-bond acceptors (Lipinski definition) is 5. The van der Waals surface area contributed by atoms with Crippen LogP contribution in [0.4, 0.5) is 5.69 Å². The molecular weight excluding hydrogens is 512 g/mol. The number of rotatable bonds is 10. The van der Waals surface area contributed by atoms with Gasteiger partial charge < -0.3 is 9.30 Å². The van der Waals surface area contributed by atoms with E-state index >= 15 is 0 Å². The Balaban J connectivity index is 1.54. The van der Waals surface area contributed by atoms with E-state index in [-0.39, 0.29) is 4.90 Å². The molecule has 3 aromatic carbocycles. The number of aryl methyl sites for hydroxylation is 2. The second-order valence-corrected chi connectivity index (χ2v) is 10.9. The van der Waals surface area contributed by atoms with Crippen molar-refractivity contribution in [2.45, 2.75) is 32.6 Å². The molecule has 0 aliphatic carbocycles. The van der Waals surface area contributed by atoms with E-state index in [0.717, 1.165) is 32.5 Å². The first-order valence-electron chi connectivity index (χ1n) is 12.6. The molecule has 1 heterocycles. The molecule has 1 N–H and O–H groups in total. The summed E-state index contributed by atoms with van der Waals surface area (Å²) in [6, 6.07) is 24.8. The average Bonchev–Trinajstić information content (AvgIpc) is 3.21. The smallest absolute Gasteiger partial charge is 0.264 e. The number of hydrogen-bond donors (Lipinski definition) is 1. The molecule has 0 unspecified atom stereocenters. The van der Waals surface area contributed by atoms with Gasteiger partial charge in [-0.2, -0.15) is 5.10 Å². The number of carbonyl (C=O) groups excluding carboxylic acids is 1. The first-order chi connectivity index (χ1) is 18.7. The summed E-state index contributed by atoms with van der Waals surface area (Å²) in [7, 11) is -4.02. The normalized spacial score (nSPS) is 11.5. The topological polar surface area (TPSA) is 93.0 Å².